The predicted octanol–water partition coefficient (Wildman–Crippen LogP) is 3.75. The first-order valence-electron chi connectivity index (χ1n) is 8.34. The molecule has 2 aromatic rings. The molecule has 5 heteroatoms. The SMILES string of the molecule is CCCCC(Oc1ccc(-c2ccc(C(=N)N)cc2)cc1)C(=O)OC. The van der Waals surface area contributed by atoms with Crippen molar-refractivity contribution in [3.05, 3.63) is 54.1 Å². The van der Waals surface area contributed by atoms with Crippen molar-refractivity contribution >= 4 is 11.8 Å². The quantitative estimate of drug-likeness (QED) is 0.435. The summed E-state index contributed by atoms with van der Waals surface area (Å²) in [5.74, 6) is 0.337. The number of methoxy groups -OCH3 is 1. The summed E-state index contributed by atoms with van der Waals surface area (Å²) < 4.78 is 10.6. The van der Waals surface area contributed by atoms with Gasteiger partial charge in [-0.2, -0.15) is 0 Å². The lowest BCUT2D eigenvalue weighted by atomic mass is 10.0. The second kappa shape index (κ2) is 8.87. The van der Waals surface area contributed by atoms with Crippen molar-refractivity contribution in [3.63, 3.8) is 0 Å². The fourth-order valence-electron chi connectivity index (χ4n) is 2.48. The third-order valence-electron chi connectivity index (χ3n) is 3.95. The molecule has 0 radical (unpaired) electrons. The van der Waals surface area contributed by atoms with Crippen LogP contribution in [0.2, 0.25) is 0 Å². The molecule has 2 aromatic carbocycles. The second-order valence-electron chi connectivity index (χ2n) is 5.79. The zero-order chi connectivity index (χ0) is 18.2. The molecular weight excluding hydrogens is 316 g/mol. The number of unbranched alkanes of at least 4 members (excludes halogenated alkanes) is 1. The molecule has 0 spiro atoms. The van der Waals surface area contributed by atoms with Gasteiger partial charge in [-0.1, -0.05) is 49.7 Å². The van der Waals surface area contributed by atoms with Gasteiger partial charge in [0.1, 0.15) is 11.6 Å². The Labute approximate surface area is 148 Å². The Morgan fingerprint density at radius 1 is 1.08 bits per heavy atom. The molecule has 2 rings (SSSR count). The lowest BCUT2D eigenvalue weighted by molar-refractivity contribution is -0.149. The lowest BCUT2D eigenvalue weighted by Crippen LogP contribution is -2.28. The molecule has 0 amide bonds. The van der Waals surface area contributed by atoms with Crippen LogP contribution in [0.1, 0.15) is 31.7 Å². The minimum Gasteiger partial charge on any atom is -0.479 e. The molecule has 25 heavy (non-hydrogen) atoms. The van der Waals surface area contributed by atoms with Crippen molar-refractivity contribution < 1.29 is 14.3 Å². The number of nitrogens with two attached hydrogens (primary N) is 1. The smallest absolute Gasteiger partial charge is 0.347 e. The van der Waals surface area contributed by atoms with Gasteiger partial charge in [-0.15, -0.1) is 0 Å². The Balaban J connectivity index is 2.10. The van der Waals surface area contributed by atoms with Crippen LogP contribution in [0.3, 0.4) is 0 Å². The maximum atomic E-state index is 11.8. The Morgan fingerprint density at radius 3 is 2.12 bits per heavy atom. The molecule has 5 nitrogen and oxygen atoms in total. The minimum absolute atomic E-state index is 0.0521. The van der Waals surface area contributed by atoms with Gasteiger partial charge in [-0.3, -0.25) is 5.41 Å². The number of esters is 1. The molecule has 3 N–H and O–H groups in total. The summed E-state index contributed by atoms with van der Waals surface area (Å²) in [5.41, 5.74) is 8.20. The van der Waals surface area contributed by atoms with Gasteiger partial charge in [0.15, 0.2) is 6.10 Å². The largest absolute Gasteiger partial charge is 0.479 e. The van der Waals surface area contributed by atoms with Gasteiger partial charge in [0.25, 0.3) is 0 Å². The van der Waals surface area contributed by atoms with Gasteiger partial charge in [0, 0.05) is 5.56 Å². The first-order chi connectivity index (χ1) is 12.0. The lowest BCUT2D eigenvalue weighted by Gasteiger charge is -2.17. The first kappa shape index (κ1) is 18.5. The van der Waals surface area contributed by atoms with Crippen LogP contribution in [-0.2, 0) is 9.53 Å². The molecule has 0 aliphatic carbocycles. The summed E-state index contributed by atoms with van der Waals surface area (Å²) in [4.78, 5) is 11.8. The van der Waals surface area contributed by atoms with E-state index in [0.717, 1.165) is 24.0 Å². The standard InChI is InChI=1S/C20H24N2O3/c1-3-4-5-18(20(23)24-2)25-17-12-10-15(11-13-17)14-6-8-16(9-7-14)19(21)22/h6-13,18H,3-5H2,1-2H3,(H3,21,22). The van der Waals surface area contributed by atoms with E-state index in [1.807, 2.05) is 48.5 Å². The van der Waals surface area contributed by atoms with E-state index in [-0.39, 0.29) is 11.8 Å². The number of benzene rings is 2. The number of nitrogen functional groups attached to an aromatic ring is 1. The van der Waals surface area contributed by atoms with Gasteiger partial charge in [0.2, 0.25) is 0 Å². The highest BCUT2D eigenvalue weighted by Crippen LogP contribution is 2.24. The van der Waals surface area contributed by atoms with Crippen molar-refractivity contribution in [2.75, 3.05) is 7.11 Å². The fraction of sp³-hybridized carbons (Fsp3) is 0.300. The average molecular weight is 340 g/mol. The van der Waals surface area contributed by atoms with Crippen molar-refractivity contribution in [2.24, 2.45) is 5.73 Å². The van der Waals surface area contributed by atoms with Gasteiger partial charge >= 0.3 is 5.97 Å². The molecular formula is C20H24N2O3. The highest BCUT2D eigenvalue weighted by molar-refractivity contribution is 5.95. The van der Waals surface area contributed by atoms with Crippen LogP contribution in [-0.4, -0.2) is 25.0 Å². The highest BCUT2D eigenvalue weighted by Gasteiger charge is 2.20. The first-order valence-corrected chi connectivity index (χ1v) is 8.34. The minimum atomic E-state index is -0.578. The molecule has 0 bridgehead atoms. The predicted molar refractivity (Wildman–Crippen MR) is 98.9 cm³/mol. The molecule has 0 aliphatic rings. The molecule has 0 aliphatic heterocycles. The normalized spacial score (nSPS) is 11.6. The van der Waals surface area contributed by atoms with E-state index in [4.69, 9.17) is 20.6 Å². The number of nitrogens with one attached hydrogen (secondary N) is 1. The molecule has 0 saturated heterocycles. The summed E-state index contributed by atoms with van der Waals surface area (Å²) in [6.07, 6.45) is 1.95. The van der Waals surface area contributed by atoms with E-state index < -0.39 is 6.10 Å². The summed E-state index contributed by atoms with van der Waals surface area (Å²) in [5, 5.41) is 7.43. The third-order valence-corrected chi connectivity index (χ3v) is 3.95. The number of rotatable bonds is 8. The van der Waals surface area contributed by atoms with Crippen LogP contribution < -0.4 is 10.5 Å². The highest BCUT2D eigenvalue weighted by atomic mass is 16.6. The molecule has 0 heterocycles. The summed E-state index contributed by atoms with van der Waals surface area (Å²) >= 11 is 0. The number of ether oxygens (including phenoxy) is 2. The maximum absolute atomic E-state index is 11.8. The van der Waals surface area contributed by atoms with Crippen molar-refractivity contribution in [2.45, 2.75) is 32.3 Å². The van der Waals surface area contributed by atoms with Crippen molar-refractivity contribution in [1.29, 1.82) is 5.41 Å². The summed E-state index contributed by atoms with van der Waals surface area (Å²) in [7, 11) is 1.37. The van der Waals surface area contributed by atoms with Gasteiger partial charge < -0.3 is 15.2 Å². The Bertz CT molecular complexity index is 709. The summed E-state index contributed by atoms with van der Waals surface area (Å²) in [6, 6.07) is 15.0. The van der Waals surface area contributed by atoms with Crippen LogP contribution >= 0.6 is 0 Å². The number of amidine groups is 1. The molecule has 1 atom stereocenters. The fourth-order valence-corrected chi connectivity index (χ4v) is 2.48. The van der Waals surface area contributed by atoms with Gasteiger partial charge in [0.05, 0.1) is 7.11 Å². The second-order valence-corrected chi connectivity index (χ2v) is 5.79. The Morgan fingerprint density at radius 2 is 1.64 bits per heavy atom. The average Bonchev–Trinajstić information content (AvgIpc) is 2.65. The zero-order valence-electron chi connectivity index (χ0n) is 14.6. The third kappa shape index (κ3) is 5.08. The van der Waals surface area contributed by atoms with Gasteiger partial charge in [-0.25, -0.2) is 4.79 Å². The van der Waals surface area contributed by atoms with E-state index in [1.54, 1.807) is 0 Å². The monoisotopic (exact) mass is 340 g/mol. The Hall–Kier alpha value is -2.82. The van der Waals surface area contributed by atoms with E-state index in [0.29, 0.717) is 17.7 Å². The molecule has 0 aromatic heterocycles. The van der Waals surface area contributed by atoms with Crippen LogP contribution in [0, 0.1) is 5.41 Å². The van der Waals surface area contributed by atoms with E-state index in [9.17, 15) is 4.79 Å². The zero-order valence-corrected chi connectivity index (χ0v) is 14.6. The maximum Gasteiger partial charge on any atom is 0.347 e. The Kier molecular flexibility index (Phi) is 6.57. The van der Waals surface area contributed by atoms with Crippen LogP contribution in [0.5, 0.6) is 5.75 Å². The van der Waals surface area contributed by atoms with Crippen molar-refractivity contribution in [1.82, 2.24) is 0 Å². The van der Waals surface area contributed by atoms with Gasteiger partial charge in [-0.05, 0) is 36.1 Å². The number of carbonyl (C=O) groups excluding carboxylic acids is 1. The number of carbonyl (C=O) groups is 1. The van der Waals surface area contributed by atoms with E-state index in [2.05, 4.69) is 6.92 Å². The van der Waals surface area contributed by atoms with Crippen molar-refractivity contribution in [3.8, 4) is 16.9 Å². The van der Waals surface area contributed by atoms with Crippen LogP contribution in [0.4, 0.5) is 0 Å². The topological polar surface area (TPSA) is 85.4 Å². The van der Waals surface area contributed by atoms with E-state index >= 15 is 0 Å². The summed E-state index contributed by atoms with van der Waals surface area (Å²) in [6.45, 7) is 2.07. The van der Waals surface area contributed by atoms with Crippen LogP contribution in [0.15, 0.2) is 48.5 Å². The van der Waals surface area contributed by atoms with E-state index in [1.165, 1.54) is 7.11 Å². The number of hydrogen-bond donors (Lipinski definition) is 2. The molecule has 1 unspecified atom stereocenters. The molecule has 0 saturated carbocycles. The molecule has 132 valence electrons. The molecule has 0 fully saturated rings. The van der Waals surface area contributed by atoms with Crippen LogP contribution in [0.25, 0.3) is 11.1 Å². The number of hydrogen-bond acceptors (Lipinski definition) is 4.